The fraction of sp³-hybridized carbons (Fsp3) is 0.500. The highest BCUT2D eigenvalue weighted by atomic mass is 79.9. The molecule has 1 rings (SSSR count). The van der Waals surface area contributed by atoms with Crippen LogP contribution in [0.1, 0.15) is 18.9 Å². The Balaban J connectivity index is 2.88. The van der Waals surface area contributed by atoms with Gasteiger partial charge in [-0.05, 0) is 41.0 Å². The number of hydrogen-bond donors (Lipinski definition) is 0. The Morgan fingerprint density at radius 1 is 1.29 bits per heavy atom. The van der Waals surface area contributed by atoms with E-state index in [0.29, 0.717) is 12.4 Å². The van der Waals surface area contributed by atoms with Crippen LogP contribution in [0.25, 0.3) is 0 Å². The van der Waals surface area contributed by atoms with E-state index in [1.54, 1.807) is 0 Å². The molecule has 0 fully saturated rings. The topological polar surface area (TPSA) is 3.24 Å². The first-order chi connectivity index (χ1) is 8.10. The van der Waals surface area contributed by atoms with Crippen LogP contribution in [0.4, 0.5) is 8.78 Å². The predicted octanol–water partition coefficient (Wildman–Crippen LogP) is 4.18. The molecule has 0 bridgehead atoms. The minimum atomic E-state index is -0.527. The minimum Gasteiger partial charge on any atom is -0.298 e. The maximum Gasteiger partial charge on any atom is 0.144 e. The summed E-state index contributed by atoms with van der Waals surface area (Å²) in [6.45, 7) is 3.67. The van der Waals surface area contributed by atoms with Gasteiger partial charge in [0.15, 0.2) is 0 Å². The molecular formula is C12H15BrClF2N. The van der Waals surface area contributed by atoms with Crippen LogP contribution in [-0.2, 0) is 6.54 Å². The van der Waals surface area contributed by atoms with Crippen LogP contribution in [-0.4, -0.2) is 23.9 Å². The second-order valence-electron chi connectivity index (χ2n) is 3.79. The molecule has 5 heteroatoms. The standard InChI is InChI=1S/C12H15BrClF2N/c1-2-6-17(7-5-14)8-9-11(15)4-3-10(13)12(9)16/h3-4H,2,5-8H2,1H3. The van der Waals surface area contributed by atoms with Crippen LogP contribution < -0.4 is 0 Å². The highest BCUT2D eigenvalue weighted by Crippen LogP contribution is 2.22. The van der Waals surface area contributed by atoms with Gasteiger partial charge in [0.05, 0.1) is 4.47 Å². The molecule has 96 valence electrons. The molecule has 0 unspecified atom stereocenters. The monoisotopic (exact) mass is 325 g/mol. The summed E-state index contributed by atoms with van der Waals surface area (Å²) in [5, 5.41) is 0. The molecule has 0 atom stereocenters. The van der Waals surface area contributed by atoms with Crippen LogP contribution in [0, 0.1) is 11.6 Å². The Morgan fingerprint density at radius 2 is 2.00 bits per heavy atom. The van der Waals surface area contributed by atoms with Gasteiger partial charge in [0.25, 0.3) is 0 Å². The normalized spacial score (nSPS) is 11.2. The van der Waals surface area contributed by atoms with Crippen molar-refractivity contribution in [3.8, 4) is 0 Å². The van der Waals surface area contributed by atoms with Crippen molar-refractivity contribution in [2.75, 3.05) is 19.0 Å². The van der Waals surface area contributed by atoms with E-state index in [2.05, 4.69) is 15.9 Å². The van der Waals surface area contributed by atoms with Crippen molar-refractivity contribution in [1.29, 1.82) is 0 Å². The second-order valence-corrected chi connectivity index (χ2v) is 5.02. The second kappa shape index (κ2) is 7.29. The third-order valence-corrected chi connectivity index (χ3v) is 3.24. The summed E-state index contributed by atoms with van der Waals surface area (Å²) < 4.78 is 27.6. The Labute approximate surface area is 114 Å². The van der Waals surface area contributed by atoms with Gasteiger partial charge >= 0.3 is 0 Å². The number of alkyl halides is 1. The Hall–Kier alpha value is -0.190. The summed E-state index contributed by atoms with van der Waals surface area (Å²) in [6, 6.07) is 2.65. The fourth-order valence-corrected chi connectivity index (χ4v) is 2.25. The van der Waals surface area contributed by atoms with E-state index in [0.717, 1.165) is 13.0 Å². The molecule has 0 saturated heterocycles. The average molecular weight is 327 g/mol. The molecule has 0 amide bonds. The average Bonchev–Trinajstić information content (AvgIpc) is 2.30. The van der Waals surface area contributed by atoms with Crippen molar-refractivity contribution >= 4 is 27.5 Å². The minimum absolute atomic E-state index is 0.0953. The third kappa shape index (κ3) is 4.19. The van der Waals surface area contributed by atoms with Crippen molar-refractivity contribution in [3.05, 3.63) is 33.8 Å². The van der Waals surface area contributed by atoms with Gasteiger partial charge in [-0.15, -0.1) is 11.6 Å². The van der Waals surface area contributed by atoms with Crippen molar-refractivity contribution in [1.82, 2.24) is 4.90 Å². The van der Waals surface area contributed by atoms with Gasteiger partial charge in [0.2, 0.25) is 0 Å². The van der Waals surface area contributed by atoms with Gasteiger partial charge in [-0.2, -0.15) is 0 Å². The highest BCUT2D eigenvalue weighted by Gasteiger charge is 2.15. The summed E-state index contributed by atoms with van der Waals surface area (Å²) >= 11 is 8.73. The van der Waals surface area contributed by atoms with E-state index < -0.39 is 11.6 Å². The Morgan fingerprint density at radius 3 is 2.59 bits per heavy atom. The molecule has 17 heavy (non-hydrogen) atoms. The van der Waals surface area contributed by atoms with Gasteiger partial charge in [0.1, 0.15) is 11.6 Å². The lowest BCUT2D eigenvalue weighted by atomic mass is 10.2. The zero-order valence-corrected chi connectivity index (χ0v) is 12.0. The molecule has 0 aliphatic rings. The van der Waals surface area contributed by atoms with Crippen LogP contribution >= 0.6 is 27.5 Å². The van der Waals surface area contributed by atoms with Crippen molar-refractivity contribution in [2.24, 2.45) is 0 Å². The summed E-state index contributed by atoms with van der Waals surface area (Å²) in [5.74, 6) is -0.584. The van der Waals surface area contributed by atoms with Crippen molar-refractivity contribution in [2.45, 2.75) is 19.9 Å². The lowest BCUT2D eigenvalue weighted by molar-refractivity contribution is 0.273. The van der Waals surface area contributed by atoms with Gasteiger partial charge in [0, 0.05) is 24.5 Å². The largest absolute Gasteiger partial charge is 0.298 e. The quantitative estimate of drug-likeness (QED) is 0.560. The van der Waals surface area contributed by atoms with Crippen molar-refractivity contribution < 1.29 is 8.78 Å². The molecule has 0 aliphatic heterocycles. The van der Waals surface area contributed by atoms with Crippen molar-refractivity contribution in [3.63, 3.8) is 0 Å². The van der Waals surface area contributed by atoms with Gasteiger partial charge < -0.3 is 0 Å². The van der Waals surface area contributed by atoms with E-state index >= 15 is 0 Å². The molecule has 0 aliphatic carbocycles. The molecule has 0 saturated carbocycles. The lowest BCUT2D eigenvalue weighted by Gasteiger charge is -2.21. The maximum atomic E-state index is 13.8. The number of nitrogens with zero attached hydrogens (tertiary/aromatic N) is 1. The number of benzene rings is 1. The molecule has 1 aromatic carbocycles. The predicted molar refractivity (Wildman–Crippen MR) is 70.3 cm³/mol. The SMILES string of the molecule is CCCN(CCCl)Cc1c(F)ccc(Br)c1F. The zero-order chi connectivity index (χ0) is 12.8. The van der Waals surface area contributed by atoms with Gasteiger partial charge in [-0.3, -0.25) is 4.90 Å². The fourth-order valence-electron chi connectivity index (χ4n) is 1.64. The summed E-state index contributed by atoms with van der Waals surface area (Å²) in [6.07, 6.45) is 0.925. The van der Waals surface area contributed by atoms with Gasteiger partial charge in [-0.1, -0.05) is 6.92 Å². The Bertz CT molecular complexity index is 368. The van der Waals surface area contributed by atoms with Gasteiger partial charge in [-0.25, -0.2) is 8.78 Å². The number of halogens is 4. The van der Waals surface area contributed by atoms with Crippen LogP contribution in [0.15, 0.2) is 16.6 Å². The highest BCUT2D eigenvalue weighted by molar-refractivity contribution is 9.10. The first kappa shape index (κ1) is 14.9. The molecule has 0 aromatic heterocycles. The number of hydrogen-bond acceptors (Lipinski definition) is 1. The molecule has 0 radical (unpaired) electrons. The van der Waals surface area contributed by atoms with Crippen LogP contribution in [0.2, 0.25) is 0 Å². The van der Waals surface area contributed by atoms with Crippen LogP contribution in [0.3, 0.4) is 0 Å². The lowest BCUT2D eigenvalue weighted by Crippen LogP contribution is -2.27. The molecule has 1 nitrogen and oxygen atoms in total. The van der Waals surface area contributed by atoms with E-state index in [1.807, 2.05) is 11.8 Å². The maximum absolute atomic E-state index is 13.8. The molecule has 0 N–H and O–H groups in total. The van der Waals surface area contributed by atoms with Crippen LogP contribution in [0.5, 0.6) is 0 Å². The first-order valence-corrected chi connectivity index (χ1v) is 6.83. The summed E-state index contributed by atoms with van der Waals surface area (Å²) in [4.78, 5) is 1.95. The molecule has 0 spiro atoms. The zero-order valence-electron chi connectivity index (χ0n) is 9.65. The summed E-state index contributed by atoms with van der Waals surface area (Å²) in [5.41, 5.74) is 0.0953. The molecular weight excluding hydrogens is 311 g/mol. The smallest absolute Gasteiger partial charge is 0.144 e. The molecule has 0 heterocycles. The van der Waals surface area contributed by atoms with E-state index in [9.17, 15) is 8.78 Å². The Kier molecular flexibility index (Phi) is 6.38. The first-order valence-electron chi connectivity index (χ1n) is 5.50. The third-order valence-electron chi connectivity index (χ3n) is 2.46. The van der Waals surface area contributed by atoms with E-state index in [-0.39, 0.29) is 16.6 Å². The summed E-state index contributed by atoms with van der Waals surface area (Å²) in [7, 11) is 0. The van der Waals surface area contributed by atoms with E-state index in [1.165, 1.54) is 12.1 Å². The van der Waals surface area contributed by atoms with E-state index in [4.69, 9.17) is 11.6 Å². The molecule has 1 aromatic rings. The number of rotatable bonds is 6.